The number of carboxylic acids is 1. The van der Waals surface area contributed by atoms with Gasteiger partial charge in [0.1, 0.15) is 11.5 Å². The van der Waals surface area contributed by atoms with Gasteiger partial charge >= 0.3 is 11.9 Å². The van der Waals surface area contributed by atoms with Crippen LogP contribution in [0.2, 0.25) is 0 Å². The molecule has 0 aliphatic heterocycles. The van der Waals surface area contributed by atoms with Crippen LogP contribution < -0.4 is 0 Å². The summed E-state index contributed by atoms with van der Waals surface area (Å²) >= 11 is 0. The second kappa shape index (κ2) is 15.6. The Bertz CT molecular complexity index is 824. The Labute approximate surface area is 179 Å². The lowest BCUT2D eigenvalue weighted by molar-refractivity contribution is 0.0599. The van der Waals surface area contributed by atoms with Gasteiger partial charge in [0, 0.05) is 28.5 Å². The molecule has 0 fully saturated rings. The van der Waals surface area contributed by atoms with Gasteiger partial charge in [-0.1, -0.05) is 0 Å². The van der Waals surface area contributed by atoms with Crippen LogP contribution in [0.3, 0.4) is 0 Å². The normalized spacial score (nSPS) is 8.97. The lowest BCUT2D eigenvalue weighted by Crippen LogP contribution is -2.00. The Balaban J connectivity index is 0. The third-order valence-corrected chi connectivity index (χ3v) is 3.06. The molecule has 11 heteroatoms. The van der Waals surface area contributed by atoms with Crippen molar-refractivity contribution in [1.29, 1.82) is 0 Å². The van der Waals surface area contributed by atoms with Gasteiger partial charge in [0.15, 0.2) is 0 Å². The van der Waals surface area contributed by atoms with Gasteiger partial charge in [0.2, 0.25) is 9.23 Å². The zero-order valence-electron chi connectivity index (χ0n) is 16.1. The van der Waals surface area contributed by atoms with Gasteiger partial charge in [0.05, 0.1) is 18.2 Å². The van der Waals surface area contributed by atoms with Gasteiger partial charge in [-0.15, -0.1) is 0 Å². The number of aliphatic hydroxyl groups is 1. The molecule has 0 heterocycles. The second-order valence-corrected chi connectivity index (χ2v) is 7.51. The fourth-order valence-electron chi connectivity index (χ4n) is 1.69. The molecule has 0 saturated carbocycles. The van der Waals surface area contributed by atoms with Crippen LogP contribution in [0.15, 0.2) is 36.4 Å². The number of hydrogen-bond donors (Lipinski definition) is 4. The number of carboxylic acid groups (broad SMARTS) is 1. The molecule has 4 N–H and O–H groups in total. The van der Waals surface area contributed by atoms with E-state index in [0.29, 0.717) is 16.7 Å². The summed E-state index contributed by atoms with van der Waals surface area (Å²) in [4.78, 5) is 21.4. The number of methoxy groups -OCH3 is 1. The molecule has 0 aliphatic carbocycles. The second-order valence-electron chi connectivity index (χ2n) is 4.98. The number of rotatable bonds is 2. The summed E-state index contributed by atoms with van der Waals surface area (Å²) in [6.07, 6.45) is 0. The lowest BCUT2D eigenvalue weighted by atomic mass is 10.1. The zero-order valence-corrected chi connectivity index (χ0v) is 18.4. The molecule has 0 atom stereocenters. The fourth-order valence-corrected chi connectivity index (χ4v) is 1.69. The molecular formula is C18H22Cl2O8S. The van der Waals surface area contributed by atoms with Crippen molar-refractivity contribution in [3.05, 3.63) is 58.7 Å². The number of halogens is 2. The Morgan fingerprint density at radius 3 is 1.55 bits per heavy atom. The Morgan fingerprint density at radius 2 is 1.24 bits per heavy atom. The standard InChI is InChI=1S/C9H10O3.C8H8O3.CH4O.Cl2OS/c1-6-5-7(9(11)12-2)3-4-8(6)10;1-5-4-6(8(10)11)2-3-7(5)9;1-2;1-4(2)3/h3-5,10H,1-2H3;2-4,9H,1H3,(H,10,11);2H,1H3;. The predicted octanol–water partition coefficient (Wildman–Crippen LogP) is 3.54. The van der Waals surface area contributed by atoms with E-state index in [1.54, 1.807) is 19.9 Å². The minimum absolute atomic E-state index is 0.120. The van der Waals surface area contributed by atoms with Crippen molar-refractivity contribution in [2.45, 2.75) is 13.8 Å². The molecule has 0 radical (unpaired) electrons. The number of carbonyl (C=O) groups is 2. The van der Waals surface area contributed by atoms with Crippen LogP contribution in [-0.4, -0.2) is 50.8 Å². The van der Waals surface area contributed by atoms with Gasteiger partial charge < -0.3 is 25.2 Å². The predicted molar refractivity (Wildman–Crippen MR) is 112 cm³/mol. The number of aryl methyl sites for hydroxylation is 2. The first-order chi connectivity index (χ1) is 13.5. The van der Waals surface area contributed by atoms with Crippen LogP contribution in [-0.2, 0) is 14.0 Å². The highest BCUT2D eigenvalue weighted by Crippen LogP contribution is 2.17. The van der Waals surface area contributed by atoms with Crippen LogP contribution in [0.1, 0.15) is 31.8 Å². The molecule has 29 heavy (non-hydrogen) atoms. The van der Waals surface area contributed by atoms with Gasteiger partial charge in [0.25, 0.3) is 0 Å². The number of hydrogen-bond acceptors (Lipinski definition) is 7. The molecule has 2 aromatic carbocycles. The smallest absolute Gasteiger partial charge is 0.337 e. The molecule has 0 unspecified atom stereocenters. The molecule has 0 aromatic heterocycles. The van der Waals surface area contributed by atoms with Crippen molar-refractivity contribution in [2.24, 2.45) is 0 Å². The third kappa shape index (κ3) is 12.7. The third-order valence-electron chi connectivity index (χ3n) is 3.06. The number of aromatic carboxylic acids is 1. The average molecular weight is 469 g/mol. The number of ether oxygens (including phenoxy) is 1. The highest BCUT2D eigenvalue weighted by Gasteiger charge is 2.06. The number of esters is 1. The summed E-state index contributed by atoms with van der Waals surface area (Å²) in [6.45, 7) is 3.38. The van der Waals surface area contributed by atoms with Crippen molar-refractivity contribution in [3.8, 4) is 11.5 Å². The summed E-state index contributed by atoms with van der Waals surface area (Å²) in [5.74, 6) is -1.07. The molecule has 8 nitrogen and oxygen atoms in total. The van der Waals surface area contributed by atoms with Crippen LogP contribution >= 0.6 is 21.4 Å². The van der Waals surface area contributed by atoms with E-state index >= 15 is 0 Å². The van der Waals surface area contributed by atoms with E-state index in [9.17, 15) is 9.59 Å². The number of carbonyl (C=O) groups excluding carboxylic acids is 1. The molecule has 0 amide bonds. The monoisotopic (exact) mass is 468 g/mol. The average Bonchev–Trinajstić information content (AvgIpc) is 2.67. The van der Waals surface area contributed by atoms with Crippen molar-refractivity contribution in [2.75, 3.05) is 14.2 Å². The molecular weight excluding hydrogens is 447 g/mol. The minimum atomic E-state index is -1.67. The highest BCUT2D eigenvalue weighted by atomic mass is 36.0. The molecule has 162 valence electrons. The van der Waals surface area contributed by atoms with Crippen molar-refractivity contribution < 1.29 is 39.0 Å². The van der Waals surface area contributed by atoms with Gasteiger partial charge in [-0.2, -0.15) is 0 Å². The molecule has 0 saturated heterocycles. The topological polar surface area (TPSA) is 141 Å². The quantitative estimate of drug-likeness (QED) is 0.387. The molecule has 0 spiro atoms. The zero-order chi connectivity index (χ0) is 23.1. The van der Waals surface area contributed by atoms with E-state index in [-0.39, 0.29) is 17.1 Å². The van der Waals surface area contributed by atoms with E-state index in [2.05, 4.69) is 26.1 Å². The van der Waals surface area contributed by atoms with E-state index in [0.717, 1.165) is 7.11 Å². The van der Waals surface area contributed by atoms with Crippen molar-refractivity contribution in [3.63, 3.8) is 0 Å². The molecule has 2 aromatic rings. The number of aromatic hydroxyl groups is 2. The van der Waals surface area contributed by atoms with Crippen LogP contribution in [0, 0.1) is 13.8 Å². The summed E-state index contributed by atoms with van der Waals surface area (Å²) in [7, 11) is 9.68. The van der Waals surface area contributed by atoms with Gasteiger partial charge in [-0.3, -0.25) is 0 Å². The largest absolute Gasteiger partial charge is 0.508 e. The molecule has 0 bridgehead atoms. The van der Waals surface area contributed by atoms with Gasteiger partial charge in [-0.25, -0.2) is 13.8 Å². The lowest BCUT2D eigenvalue weighted by Gasteiger charge is -2.01. The number of phenols is 2. The minimum Gasteiger partial charge on any atom is -0.508 e. The first-order valence-electron chi connectivity index (χ1n) is 7.59. The van der Waals surface area contributed by atoms with Crippen LogP contribution in [0.25, 0.3) is 0 Å². The van der Waals surface area contributed by atoms with E-state index in [1.165, 1.54) is 37.4 Å². The highest BCUT2D eigenvalue weighted by molar-refractivity contribution is 8.26. The van der Waals surface area contributed by atoms with Gasteiger partial charge in [-0.05, 0) is 61.4 Å². The first kappa shape index (κ1) is 28.9. The van der Waals surface area contributed by atoms with Crippen molar-refractivity contribution >= 4 is 42.5 Å². The summed E-state index contributed by atoms with van der Waals surface area (Å²) in [6, 6.07) is 8.75. The Kier molecular flexibility index (Phi) is 15.5. The fraction of sp³-hybridized carbons (Fsp3) is 0.222. The first-order valence-corrected chi connectivity index (χ1v) is 10.4. The number of aliphatic hydroxyl groups excluding tert-OH is 1. The maximum Gasteiger partial charge on any atom is 0.337 e. The Hall–Kier alpha value is -2.33. The van der Waals surface area contributed by atoms with Crippen molar-refractivity contribution in [1.82, 2.24) is 0 Å². The molecule has 2 rings (SSSR count). The summed E-state index contributed by atoms with van der Waals surface area (Å²) < 4.78 is 13.6. The van der Waals surface area contributed by atoms with Crippen LogP contribution in [0.5, 0.6) is 11.5 Å². The van der Waals surface area contributed by atoms with E-state index in [1.807, 2.05) is 0 Å². The Morgan fingerprint density at radius 1 is 0.897 bits per heavy atom. The maximum atomic E-state index is 11.0. The summed E-state index contributed by atoms with van der Waals surface area (Å²) in [5.41, 5.74) is 1.89. The summed E-state index contributed by atoms with van der Waals surface area (Å²) in [5, 5.41) is 33.7. The van der Waals surface area contributed by atoms with E-state index < -0.39 is 21.2 Å². The van der Waals surface area contributed by atoms with E-state index in [4.69, 9.17) is 24.6 Å². The SMILES string of the molecule is CO.COC(=O)c1ccc(O)c(C)c1.Cc1cc(C(=O)O)ccc1O.O=S(Cl)Cl. The number of benzene rings is 2. The van der Waals surface area contributed by atoms with Crippen LogP contribution in [0.4, 0.5) is 0 Å². The molecule has 0 aliphatic rings. The maximum absolute atomic E-state index is 11.0. The number of phenolic OH excluding ortho intramolecular Hbond substituents is 2.